The Morgan fingerprint density at radius 1 is 1.12 bits per heavy atom. The van der Waals surface area contributed by atoms with Crippen molar-refractivity contribution in [3.8, 4) is 0 Å². The van der Waals surface area contributed by atoms with Gasteiger partial charge in [-0.1, -0.05) is 24.3 Å². The summed E-state index contributed by atoms with van der Waals surface area (Å²) < 4.78 is 28.8. The van der Waals surface area contributed by atoms with E-state index in [-0.39, 0.29) is 35.5 Å². The van der Waals surface area contributed by atoms with E-state index in [4.69, 9.17) is 0 Å². The van der Waals surface area contributed by atoms with Crippen molar-refractivity contribution in [2.24, 2.45) is 5.92 Å². The van der Waals surface area contributed by atoms with Crippen LogP contribution in [0.1, 0.15) is 24.0 Å². The molecule has 4 rings (SSSR count). The van der Waals surface area contributed by atoms with E-state index in [1.807, 2.05) is 31.2 Å². The number of aryl methyl sites for hydroxylation is 1. The third kappa shape index (κ3) is 5.15. The topological polar surface area (TPSA) is 127 Å². The molecule has 0 saturated carbocycles. The van der Waals surface area contributed by atoms with Gasteiger partial charge in [-0.05, 0) is 43.0 Å². The molecule has 0 unspecified atom stereocenters. The second-order valence-corrected chi connectivity index (χ2v) is 10.2. The zero-order valence-electron chi connectivity index (χ0n) is 18.6. The minimum absolute atomic E-state index is 0.000180. The monoisotopic (exact) mass is 483 g/mol. The van der Waals surface area contributed by atoms with Crippen molar-refractivity contribution in [2.45, 2.75) is 31.2 Å². The highest BCUT2D eigenvalue weighted by atomic mass is 32.2. The van der Waals surface area contributed by atoms with E-state index in [1.54, 1.807) is 16.9 Å². The van der Waals surface area contributed by atoms with Crippen LogP contribution in [-0.2, 0) is 21.4 Å². The molecule has 1 aliphatic rings. The predicted molar refractivity (Wildman–Crippen MR) is 126 cm³/mol. The number of nitro groups is 1. The number of carbonyl (C=O) groups is 1. The third-order valence-corrected chi connectivity index (χ3v) is 7.91. The molecule has 1 aromatic heterocycles. The molecule has 0 radical (unpaired) electrons. The minimum atomic E-state index is -3.78. The van der Waals surface area contributed by atoms with Crippen LogP contribution < -0.4 is 5.32 Å². The normalized spacial score (nSPS) is 15.2. The molecule has 11 heteroatoms. The van der Waals surface area contributed by atoms with Crippen molar-refractivity contribution in [3.63, 3.8) is 0 Å². The van der Waals surface area contributed by atoms with Crippen LogP contribution in [0, 0.1) is 23.0 Å². The number of nitro benzene ring substituents is 1. The standard InChI is InChI=1S/C23H25N5O5S/c1-17-4-2-3-5-19(17)16-26-13-12-22(25-26)24-23(29)18-10-14-27(15-11-18)34(32,33)21-8-6-20(7-9-21)28(30)31/h2-9,12-13,18H,10-11,14-16H2,1H3,(H,24,25,29). The van der Waals surface area contributed by atoms with E-state index in [0.717, 1.165) is 5.56 Å². The summed E-state index contributed by atoms with van der Waals surface area (Å²) in [5, 5.41) is 18.1. The van der Waals surface area contributed by atoms with Crippen LogP contribution in [-0.4, -0.2) is 46.4 Å². The Labute approximate surface area is 197 Å². The van der Waals surface area contributed by atoms with Gasteiger partial charge in [-0.25, -0.2) is 8.42 Å². The first-order valence-corrected chi connectivity index (χ1v) is 12.3. The molecular weight excluding hydrogens is 458 g/mol. The second kappa shape index (κ2) is 9.74. The van der Waals surface area contributed by atoms with Gasteiger partial charge in [0.15, 0.2) is 5.82 Å². The fourth-order valence-corrected chi connectivity index (χ4v) is 5.42. The quantitative estimate of drug-likeness (QED) is 0.406. The molecular formula is C23H25N5O5S. The van der Waals surface area contributed by atoms with Gasteiger partial charge in [0.25, 0.3) is 5.69 Å². The van der Waals surface area contributed by atoms with Gasteiger partial charge in [0.05, 0.1) is 16.4 Å². The molecule has 2 heterocycles. The zero-order chi connectivity index (χ0) is 24.3. The summed E-state index contributed by atoms with van der Waals surface area (Å²) in [6, 6.07) is 14.6. The first-order chi connectivity index (χ1) is 16.2. The number of aromatic nitrogens is 2. The molecule has 0 spiro atoms. The Balaban J connectivity index is 1.33. The average molecular weight is 484 g/mol. The summed E-state index contributed by atoms with van der Waals surface area (Å²) in [6.45, 7) is 3.02. The number of amides is 1. The largest absolute Gasteiger partial charge is 0.309 e. The lowest BCUT2D eigenvalue weighted by atomic mass is 9.97. The molecule has 1 N–H and O–H groups in total. The molecule has 1 aliphatic heterocycles. The Morgan fingerprint density at radius 3 is 2.44 bits per heavy atom. The van der Waals surface area contributed by atoms with E-state index >= 15 is 0 Å². The molecule has 178 valence electrons. The SMILES string of the molecule is Cc1ccccc1Cn1ccc(NC(=O)C2CCN(S(=O)(=O)c3ccc([N+](=O)[O-])cc3)CC2)n1. The lowest BCUT2D eigenvalue weighted by Crippen LogP contribution is -2.41. The van der Waals surface area contributed by atoms with Gasteiger partial charge in [-0.15, -0.1) is 0 Å². The van der Waals surface area contributed by atoms with Gasteiger partial charge in [0.1, 0.15) is 0 Å². The fourth-order valence-electron chi connectivity index (χ4n) is 3.95. The number of rotatable bonds is 7. The van der Waals surface area contributed by atoms with Crippen molar-refractivity contribution in [1.29, 1.82) is 0 Å². The highest BCUT2D eigenvalue weighted by Crippen LogP contribution is 2.26. The van der Waals surface area contributed by atoms with Gasteiger partial charge in [-0.2, -0.15) is 9.40 Å². The Kier molecular flexibility index (Phi) is 6.75. The summed E-state index contributed by atoms with van der Waals surface area (Å²) in [5.41, 5.74) is 2.14. The van der Waals surface area contributed by atoms with E-state index < -0.39 is 14.9 Å². The molecule has 10 nitrogen and oxygen atoms in total. The number of benzene rings is 2. The highest BCUT2D eigenvalue weighted by Gasteiger charge is 2.32. The first-order valence-electron chi connectivity index (χ1n) is 10.9. The number of non-ortho nitro benzene ring substituents is 1. The highest BCUT2D eigenvalue weighted by molar-refractivity contribution is 7.89. The Morgan fingerprint density at radius 2 is 1.79 bits per heavy atom. The number of hydrogen-bond acceptors (Lipinski definition) is 6. The minimum Gasteiger partial charge on any atom is -0.309 e. The van der Waals surface area contributed by atoms with Crippen molar-refractivity contribution < 1.29 is 18.1 Å². The van der Waals surface area contributed by atoms with Crippen molar-refractivity contribution >= 4 is 27.4 Å². The lowest BCUT2D eigenvalue weighted by molar-refractivity contribution is -0.384. The van der Waals surface area contributed by atoms with Gasteiger partial charge in [0, 0.05) is 43.4 Å². The molecule has 1 amide bonds. The smallest absolute Gasteiger partial charge is 0.269 e. The summed E-state index contributed by atoms with van der Waals surface area (Å²) in [7, 11) is -3.78. The maximum absolute atomic E-state index is 12.9. The van der Waals surface area contributed by atoms with Crippen LogP contribution in [0.2, 0.25) is 0 Å². The summed E-state index contributed by atoms with van der Waals surface area (Å²) in [5.74, 6) is -0.0575. The first kappa shape index (κ1) is 23.6. The molecule has 3 aromatic rings. The maximum atomic E-state index is 12.9. The van der Waals surface area contributed by atoms with Gasteiger partial charge in [0.2, 0.25) is 15.9 Å². The molecule has 0 atom stereocenters. The van der Waals surface area contributed by atoms with Gasteiger partial charge < -0.3 is 5.32 Å². The molecule has 1 saturated heterocycles. The van der Waals surface area contributed by atoms with Crippen LogP contribution in [0.5, 0.6) is 0 Å². The van der Waals surface area contributed by atoms with Crippen LogP contribution in [0.3, 0.4) is 0 Å². The second-order valence-electron chi connectivity index (χ2n) is 8.24. The molecule has 0 bridgehead atoms. The van der Waals surface area contributed by atoms with Gasteiger partial charge in [-0.3, -0.25) is 19.6 Å². The molecule has 34 heavy (non-hydrogen) atoms. The number of piperidine rings is 1. The maximum Gasteiger partial charge on any atom is 0.269 e. The average Bonchev–Trinajstić information content (AvgIpc) is 3.27. The number of carbonyl (C=O) groups excluding carboxylic acids is 1. The van der Waals surface area contributed by atoms with Gasteiger partial charge >= 0.3 is 0 Å². The fraction of sp³-hybridized carbons (Fsp3) is 0.304. The zero-order valence-corrected chi connectivity index (χ0v) is 19.4. The number of sulfonamides is 1. The lowest BCUT2D eigenvalue weighted by Gasteiger charge is -2.30. The Hall–Kier alpha value is -3.57. The molecule has 2 aromatic carbocycles. The summed E-state index contributed by atoms with van der Waals surface area (Å²) in [6.07, 6.45) is 2.56. The molecule has 1 fully saturated rings. The number of nitrogens with one attached hydrogen (secondary N) is 1. The van der Waals surface area contributed by atoms with Crippen LogP contribution in [0.15, 0.2) is 65.7 Å². The van der Waals surface area contributed by atoms with Crippen molar-refractivity contribution in [1.82, 2.24) is 14.1 Å². The molecule has 0 aliphatic carbocycles. The third-order valence-electron chi connectivity index (χ3n) is 6.00. The van der Waals surface area contributed by atoms with Crippen LogP contribution >= 0.6 is 0 Å². The van der Waals surface area contributed by atoms with E-state index in [1.165, 1.54) is 34.1 Å². The summed E-state index contributed by atoms with van der Waals surface area (Å²) in [4.78, 5) is 22.9. The van der Waals surface area contributed by atoms with Crippen LogP contribution in [0.4, 0.5) is 11.5 Å². The van der Waals surface area contributed by atoms with E-state index in [2.05, 4.69) is 10.4 Å². The van der Waals surface area contributed by atoms with Crippen LogP contribution in [0.25, 0.3) is 0 Å². The van der Waals surface area contributed by atoms with Crippen molar-refractivity contribution in [2.75, 3.05) is 18.4 Å². The number of nitrogens with zero attached hydrogens (tertiary/aromatic N) is 4. The number of anilines is 1. The van der Waals surface area contributed by atoms with E-state index in [0.29, 0.717) is 25.2 Å². The summed E-state index contributed by atoms with van der Waals surface area (Å²) >= 11 is 0. The number of hydrogen-bond donors (Lipinski definition) is 1. The Bertz CT molecular complexity index is 1300. The van der Waals surface area contributed by atoms with E-state index in [9.17, 15) is 23.3 Å². The van der Waals surface area contributed by atoms with Crippen molar-refractivity contribution in [3.05, 3.63) is 82.0 Å². The predicted octanol–water partition coefficient (Wildman–Crippen LogP) is 3.19.